The van der Waals surface area contributed by atoms with Crippen molar-refractivity contribution in [3.8, 4) is 28.5 Å². The van der Waals surface area contributed by atoms with E-state index in [0.29, 0.717) is 36.4 Å². The van der Waals surface area contributed by atoms with Crippen molar-refractivity contribution in [3.05, 3.63) is 66.1 Å². The van der Waals surface area contributed by atoms with Gasteiger partial charge in [0, 0.05) is 28.8 Å². The van der Waals surface area contributed by atoms with Gasteiger partial charge < -0.3 is 10.5 Å². The Kier molecular flexibility index (Phi) is 6.15. The van der Waals surface area contributed by atoms with Crippen LogP contribution in [0.4, 0.5) is 5.82 Å². The average Bonchev–Trinajstić information content (AvgIpc) is 3.34. The molecule has 1 aliphatic rings. The molecule has 3 aromatic heterocycles. The Hall–Kier alpha value is -4.25. The first kappa shape index (κ1) is 23.5. The van der Waals surface area contributed by atoms with Crippen LogP contribution >= 0.6 is 0 Å². The van der Waals surface area contributed by atoms with Gasteiger partial charge >= 0.3 is 5.97 Å². The minimum Gasteiger partial charge on any atom is -0.466 e. The molecule has 1 fully saturated rings. The molecule has 0 unspecified atom stereocenters. The predicted molar refractivity (Wildman–Crippen MR) is 137 cm³/mol. The molecule has 1 aliphatic carbocycles. The van der Waals surface area contributed by atoms with Gasteiger partial charge in [-0.1, -0.05) is 36.4 Å². The third kappa shape index (κ3) is 4.07. The lowest BCUT2D eigenvalue weighted by molar-refractivity contribution is -0.156. The van der Waals surface area contributed by atoms with Crippen molar-refractivity contribution in [3.63, 3.8) is 0 Å². The molecular weight excluding hydrogens is 452 g/mol. The van der Waals surface area contributed by atoms with Crippen LogP contribution < -0.4 is 5.73 Å². The monoisotopic (exact) mass is 480 g/mol. The van der Waals surface area contributed by atoms with E-state index in [1.165, 1.54) is 4.52 Å². The van der Waals surface area contributed by atoms with Crippen LogP contribution in [0.3, 0.4) is 0 Å². The fourth-order valence-electron chi connectivity index (χ4n) is 5.02. The first-order valence-electron chi connectivity index (χ1n) is 12.2. The van der Waals surface area contributed by atoms with Gasteiger partial charge in [-0.05, 0) is 45.6 Å². The number of benzene rings is 1. The van der Waals surface area contributed by atoms with Gasteiger partial charge in [0.2, 0.25) is 0 Å². The van der Waals surface area contributed by atoms with Crippen molar-refractivity contribution < 1.29 is 9.53 Å². The summed E-state index contributed by atoms with van der Waals surface area (Å²) in [5.74, 6) is 0.142. The molecule has 1 saturated carbocycles. The Labute approximate surface area is 209 Å². The molecule has 2 N–H and O–H groups in total. The molecule has 8 heteroatoms. The van der Waals surface area contributed by atoms with Crippen molar-refractivity contribution in [2.45, 2.75) is 45.4 Å². The zero-order valence-electron chi connectivity index (χ0n) is 20.4. The van der Waals surface area contributed by atoms with E-state index in [-0.39, 0.29) is 17.7 Å². The first-order valence-corrected chi connectivity index (χ1v) is 12.2. The number of pyridine rings is 1. The third-order valence-electron chi connectivity index (χ3n) is 7.21. The van der Waals surface area contributed by atoms with Crippen molar-refractivity contribution in [1.82, 2.24) is 19.6 Å². The Morgan fingerprint density at radius 1 is 1.17 bits per heavy atom. The minimum absolute atomic E-state index is 0.0239. The smallest absolute Gasteiger partial charge is 0.311 e. The predicted octanol–water partition coefficient (Wildman–Crippen LogP) is 5.14. The van der Waals surface area contributed by atoms with Gasteiger partial charge in [-0.3, -0.25) is 9.78 Å². The standard InChI is InChI=1S/C28H28N6O2/c1-3-36-27(35)28(2)13-11-19(12-14-28)24-21(15-29)25(30)34-26(33-24)22(17-32-34)20-9-10-23(31-16-20)18-7-5-4-6-8-18/h4-10,16-17,19H,3,11-14,30H2,1-2H3/t19-,28+. The lowest BCUT2D eigenvalue weighted by Crippen LogP contribution is -2.34. The maximum atomic E-state index is 12.5. The highest BCUT2D eigenvalue weighted by Gasteiger charge is 2.40. The van der Waals surface area contributed by atoms with E-state index in [1.807, 2.05) is 56.3 Å². The van der Waals surface area contributed by atoms with Crippen LogP contribution in [0.15, 0.2) is 54.9 Å². The van der Waals surface area contributed by atoms with Gasteiger partial charge in [0.25, 0.3) is 0 Å². The molecule has 5 rings (SSSR count). The molecule has 0 bridgehead atoms. The Morgan fingerprint density at radius 2 is 1.92 bits per heavy atom. The molecular formula is C28H28N6O2. The topological polar surface area (TPSA) is 119 Å². The van der Waals surface area contributed by atoms with Gasteiger partial charge in [-0.25, -0.2) is 4.98 Å². The molecule has 182 valence electrons. The number of aromatic nitrogens is 4. The van der Waals surface area contributed by atoms with Gasteiger partial charge in [0.15, 0.2) is 5.65 Å². The second kappa shape index (κ2) is 9.42. The maximum absolute atomic E-state index is 12.5. The summed E-state index contributed by atoms with van der Waals surface area (Å²) >= 11 is 0. The van der Waals surface area contributed by atoms with E-state index in [9.17, 15) is 10.1 Å². The van der Waals surface area contributed by atoms with Crippen LogP contribution in [-0.2, 0) is 9.53 Å². The highest BCUT2D eigenvalue weighted by Crippen LogP contribution is 2.44. The number of nitrogens with two attached hydrogens (primary N) is 1. The molecule has 8 nitrogen and oxygen atoms in total. The number of carbonyl (C=O) groups excluding carboxylic acids is 1. The average molecular weight is 481 g/mol. The van der Waals surface area contributed by atoms with Crippen LogP contribution in [0.2, 0.25) is 0 Å². The lowest BCUT2D eigenvalue weighted by Gasteiger charge is -2.35. The summed E-state index contributed by atoms with van der Waals surface area (Å²) in [6.07, 6.45) is 6.31. The molecule has 0 saturated heterocycles. The molecule has 36 heavy (non-hydrogen) atoms. The van der Waals surface area contributed by atoms with Gasteiger partial charge in [-0.2, -0.15) is 14.9 Å². The molecule has 0 spiro atoms. The van der Waals surface area contributed by atoms with Crippen LogP contribution in [0, 0.1) is 16.7 Å². The van der Waals surface area contributed by atoms with Crippen molar-refractivity contribution >= 4 is 17.4 Å². The number of hydrogen-bond acceptors (Lipinski definition) is 7. The second-order valence-electron chi connectivity index (χ2n) is 9.52. The van der Waals surface area contributed by atoms with Crippen molar-refractivity contribution in [2.24, 2.45) is 5.41 Å². The molecule has 4 aromatic rings. The summed E-state index contributed by atoms with van der Waals surface area (Å²) in [6, 6.07) is 16.2. The molecule has 1 aromatic carbocycles. The van der Waals surface area contributed by atoms with E-state index >= 15 is 0 Å². The van der Waals surface area contributed by atoms with E-state index in [2.05, 4.69) is 16.2 Å². The van der Waals surface area contributed by atoms with Crippen LogP contribution in [0.5, 0.6) is 0 Å². The van der Waals surface area contributed by atoms with E-state index < -0.39 is 5.41 Å². The summed E-state index contributed by atoms with van der Waals surface area (Å²) in [7, 11) is 0. The molecule has 0 atom stereocenters. The van der Waals surface area contributed by atoms with E-state index in [0.717, 1.165) is 35.2 Å². The number of anilines is 1. The van der Waals surface area contributed by atoms with Crippen molar-refractivity contribution in [1.29, 1.82) is 5.26 Å². The fourth-order valence-corrected chi connectivity index (χ4v) is 5.02. The fraction of sp³-hybridized carbons (Fsp3) is 0.321. The number of fused-ring (bicyclic) bond motifs is 1. The quantitative estimate of drug-likeness (QED) is 0.393. The zero-order chi connectivity index (χ0) is 25.3. The summed E-state index contributed by atoms with van der Waals surface area (Å²) in [5, 5.41) is 14.3. The molecule has 0 radical (unpaired) electrons. The molecule has 3 heterocycles. The normalized spacial score (nSPS) is 19.6. The number of nitrogens with zero attached hydrogens (tertiary/aromatic N) is 5. The molecule has 0 aliphatic heterocycles. The number of nitrogen functional groups attached to an aromatic ring is 1. The summed E-state index contributed by atoms with van der Waals surface area (Å²) in [4.78, 5) is 22.0. The summed E-state index contributed by atoms with van der Waals surface area (Å²) in [6.45, 7) is 4.15. The first-order chi connectivity index (χ1) is 17.4. The summed E-state index contributed by atoms with van der Waals surface area (Å²) < 4.78 is 6.82. The van der Waals surface area contributed by atoms with Crippen LogP contribution in [0.25, 0.3) is 28.0 Å². The van der Waals surface area contributed by atoms with Crippen molar-refractivity contribution in [2.75, 3.05) is 12.3 Å². The Balaban J connectivity index is 1.49. The SMILES string of the molecule is CCOC(=O)[C@]1(C)CC[C@H](c2nc3c(-c4ccc(-c5ccccc5)nc4)cnn3c(N)c2C#N)CC1. The number of nitriles is 1. The number of hydrogen-bond donors (Lipinski definition) is 1. The Morgan fingerprint density at radius 3 is 2.56 bits per heavy atom. The largest absolute Gasteiger partial charge is 0.466 e. The Bertz CT molecular complexity index is 1450. The zero-order valence-corrected chi connectivity index (χ0v) is 20.4. The number of esters is 1. The van der Waals surface area contributed by atoms with E-state index in [1.54, 1.807) is 12.4 Å². The van der Waals surface area contributed by atoms with Gasteiger partial charge in [0.1, 0.15) is 17.5 Å². The number of carbonyl (C=O) groups is 1. The van der Waals surface area contributed by atoms with Crippen LogP contribution in [0.1, 0.15) is 56.7 Å². The highest BCUT2D eigenvalue weighted by molar-refractivity contribution is 5.80. The number of rotatable bonds is 5. The second-order valence-corrected chi connectivity index (χ2v) is 9.52. The van der Waals surface area contributed by atoms with Gasteiger partial charge in [0.05, 0.1) is 29.6 Å². The lowest BCUT2D eigenvalue weighted by atomic mass is 9.70. The summed E-state index contributed by atoms with van der Waals surface area (Å²) in [5.41, 5.74) is 11.1. The highest BCUT2D eigenvalue weighted by atomic mass is 16.5. The minimum atomic E-state index is -0.511. The molecule has 0 amide bonds. The third-order valence-corrected chi connectivity index (χ3v) is 7.21. The van der Waals surface area contributed by atoms with Gasteiger partial charge in [-0.15, -0.1) is 0 Å². The number of ether oxygens (including phenoxy) is 1. The van der Waals surface area contributed by atoms with E-state index in [4.69, 9.17) is 15.5 Å². The van der Waals surface area contributed by atoms with Crippen LogP contribution in [-0.4, -0.2) is 32.2 Å². The maximum Gasteiger partial charge on any atom is 0.311 e.